The number of carbonyl (C=O) groups excluding carboxylic acids is 1. The summed E-state index contributed by atoms with van der Waals surface area (Å²) < 4.78 is 5.18. The van der Waals surface area contributed by atoms with Crippen LogP contribution in [-0.4, -0.2) is 5.97 Å². The third-order valence-electron chi connectivity index (χ3n) is 6.20. The number of nitrogens with zero attached hydrogens (tertiary/aromatic N) is 1. The molecule has 0 saturated heterocycles. The number of hydrogen-bond acceptors (Lipinski definition) is 3. The molecule has 0 spiro atoms. The molecule has 4 rings (SSSR count). The van der Waals surface area contributed by atoms with E-state index in [9.17, 15) is 4.79 Å². The second-order valence-electron chi connectivity index (χ2n) is 8.57. The van der Waals surface area contributed by atoms with E-state index in [1.54, 1.807) is 12.1 Å². The zero-order chi connectivity index (χ0) is 24.2. The summed E-state index contributed by atoms with van der Waals surface area (Å²) in [6, 6.07) is 29.2. The summed E-state index contributed by atoms with van der Waals surface area (Å²) in [4.78, 5) is 13.7. The molecule has 3 nitrogen and oxygen atoms in total. The highest BCUT2D eigenvalue weighted by Gasteiger charge is 2.14. The van der Waals surface area contributed by atoms with Crippen molar-refractivity contribution >= 4 is 23.0 Å². The molecule has 0 N–H and O–H groups in total. The first-order valence-corrected chi connectivity index (χ1v) is 11.3. The largest absolute Gasteiger partial charge is 0.423 e. The lowest BCUT2D eigenvalue weighted by Gasteiger charge is -2.27. The van der Waals surface area contributed by atoms with E-state index in [1.807, 2.05) is 12.1 Å². The molecule has 0 unspecified atom stereocenters. The normalized spacial score (nSPS) is 10.6. The Hall–Kier alpha value is -4.11. The van der Waals surface area contributed by atoms with Gasteiger partial charge in [-0.1, -0.05) is 43.0 Å². The van der Waals surface area contributed by atoms with Gasteiger partial charge in [-0.3, -0.25) is 0 Å². The summed E-state index contributed by atoms with van der Waals surface area (Å²) in [7, 11) is 0. The molecule has 3 heteroatoms. The van der Waals surface area contributed by atoms with E-state index in [0.29, 0.717) is 5.75 Å². The van der Waals surface area contributed by atoms with Crippen LogP contribution in [0.5, 0.6) is 5.75 Å². The van der Waals surface area contributed by atoms with Gasteiger partial charge in [-0.2, -0.15) is 0 Å². The number of rotatable bonds is 6. The topological polar surface area (TPSA) is 29.5 Å². The Morgan fingerprint density at radius 3 is 1.53 bits per heavy atom. The van der Waals surface area contributed by atoms with E-state index in [1.165, 1.54) is 22.3 Å². The van der Waals surface area contributed by atoms with Gasteiger partial charge < -0.3 is 9.64 Å². The first-order chi connectivity index (χ1) is 16.4. The molecule has 0 aromatic heterocycles. The van der Waals surface area contributed by atoms with Crippen molar-refractivity contribution in [3.63, 3.8) is 0 Å². The summed E-state index contributed by atoms with van der Waals surface area (Å²) >= 11 is 0. The van der Waals surface area contributed by atoms with Gasteiger partial charge in [0.15, 0.2) is 0 Å². The van der Waals surface area contributed by atoms with Crippen LogP contribution in [-0.2, 0) is 4.79 Å². The maximum atomic E-state index is 11.4. The van der Waals surface area contributed by atoms with Gasteiger partial charge >= 0.3 is 5.97 Å². The minimum absolute atomic E-state index is 0.463. The number of ether oxygens (including phenoxy) is 1. The molecule has 0 aliphatic rings. The lowest BCUT2D eigenvalue weighted by atomic mass is 10.0. The van der Waals surface area contributed by atoms with Crippen LogP contribution in [0, 0.1) is 27.7 Å². The van der Waals surface area contributed by atoms with Gasteiger partial charge in [0.05, 0.1) is 0 Å². The van der Waals surface area contributed by atoms with Crippen molar-refractivity contribution in [2.75, 3.05) is 4.90 Å². The summed E-state index contributed by atoms with van der Waals surface area (Å²) in [5, 5.41) is 0. The first-order valence-electron chi connectivity index (χ1n) is 11.3. The van der Waals surface area contributed by atoms with Crippen LogP contribution in [0.4, 0.5) is 17.1 Å². The van der Waals surface area contributed by atoms with Crippen LogP contribution in [0.2, 0.25) is 0 Å². The maximum Gasteiger partial charge on any atom is 0.335 e. The molecule has 170 valence electrons. The molecule has 4 aromatic carbocycles. The summed E-state index contributed by atoms with van der Waals surface area (Å²) in [6.45, 7) is 12.0. The molecule has 0 fully saturated rings. The van der Waals surface area contributed by atoms with E-state index < -0.39 is 5.97 Å². The Labute approximate surface area is 202 Å². The highest BCUT2D eigenvalue weighted by molar-refractivity contribution is 5.83. The number of aryl methyl sites for hydroxylation is 4. The van der Waals surface area contributed by atoms with Crippen LogP contribution < -0.4 is 9.64 Å². The predicted octanol–water partition coefficient (Wildman–Crippen LogP) is 8.15. The van der Waals surface area contributed by atoms with Gasteiger partial charge in [0.1, 0.15) is 5.75 Å². The number of esters is 1. The van der Waals surface area contributed by atoms with Gasteiger partial charge in [0, 0.05) is 23.1 Å². The Morgan fingerprint density at radius 2 is 1.09 bits per heavy atom. The number of hydrogen-bond donors (Lipinski definition) is 0. The highest BCUT2D eigenvalue weighted by Crippen LogP contribution is 2.37. The second-order valence-corrected chi connectivity index (χ2v) is 8.57. The van der Waals surface area contributed by atoms with Crippen molar-refractivity contribution in [3.05, 3.63) is 120 Å². The molecule has 0 saturated carbocycles. The van der Waals surface area contributed by atoms with E-state index in [0.717, 1.165) is 34.3 Å². The predicted molar refractivity (Wildman–Crippen MR) is 141 cm³/mol. The van der Waals surface area contributed by atoms with Crippen LogP contribution in [0.3, 0.4) is 0 Å². The Morgan fingerprint density at radius 1 is 0.647 bits per heavy atom. The molecule has 0 bridgehead atoms. The minimum Gasteiger partial charge on any atom is -0.423 e. The minimum atomic E-state index is -0.463. The van der Waals surface area contributed by atoms with Gasteiger partial charge in [0.25, 0.3) is 0 Å². The Balaban J connectivity index is 1.69. The van der Waals surface area contributed by atoms with Gasteiger partial charge in [-0.05, 0) is 110 Å². The molecule has 0 heterocycles. The van der Waals surface area contributed by atoms with E-state index in [4.69, 9.17) is 4.74 Å². The fourth-order valence-electron chi connectivity index (χ4n) is 3.85. The van der Waals surface area contributed by atoms with Gasteiger partial charge in [0.2, 0.25) is 0 Å². The number of carbonyl (C=O) groups is 1. The van der Waals surface area contributed by atoms with Crippen LogP contribution in [0.25, 0.3) is 11.1 Å². The average molecular weight is 448 g/mol. The monoisotopic (exact) mass is 447 g/mol. The van der Waals surface area contributed by atoms with Crippen molar-refractivity contribution in [1.29, 1.82) is 0 Å². The standard InChI is InChI=1S/C31H29NO2/c1-6-31(33)34-30-17-11-26(12-18-30)25-9-15-27(16-10-25)32(28-13-7-21(2)23(4)19-28)29-14-8-22(3)24(5)20-29/h6-20H,1H2,2-5H3. The number of anilines is 3. The van der Waals surface area contributed by atoms with Crippen LogP contribution in [0.1, 0.15) is 22.3 Å². The van der Waals surface area contributed by atoms with Crippen LogP contribution >= 0.6 is 0 Å². The highest BCUT2D eigenvalue weighted by atomic mass is 16.5. The van der Waals surface area contributed by atoms with Crippen molar-refractivity contribution in [3.8, 4) is 16.9 Å². The lowest BCUT2D eigenvalue weighted by molar-refractivity contribution is -0.128. The zero-order valence-corrected chi connectivity index (χ0v) is 20.1. The second kappa shape index (κ2) is 9.80. The van der Waals surface area contributed by atoms with Crippen molar-refractivity contribution in [2.45, 2.75) is 27.7 Å². The summed E-state index contributed by atoms with van der Waals surface area (Å²) in [6.07, 6.45) is 1.16. The quantitative estimate of drug-likeness (QED) is 0.170. The molecule has 0 amide bonds. The van der Waals surface area contributed by atoms with Gasteiger partial charge in [-0.25, -0.2) is 4.79 Å². The fraction of sp³-hybridized carbons (Fsp3) is 0.129. The third-order valence-corrected chi connectivity index (χ3v) is 6.20. The van der Waals surface area contributed by atoms with Crippen molar-refractivity contribution < 1.29 is 9.53 Å². The summed E-state index contributed by atoms with van der Waals surface area (Å²) in [5.41, 5.74) is 10.6. The molecule has 34 heavy (non-hydrogen) atoms. The SMILES string of the molecule is C=CC(=O)Oc1ccc(-c2ccc(N(c3ccc(C)c(C)c3)c3ccc(C)c(C)c3)cc2)cc1. The Bertz CT molecular complexity index is 1280. The average Bonchev–Trinajstić information content (AvgIpc) is 2.84. The maximum absolute atomic E-state index is 11.4. The molecule has 4 aromatic rings. The zero-order valence-electron chi connectivity index (χ0n) is 20.1. The third kappa shape index (κ3) is 4.94. The molecule has 0 aliphatic heterocycles. The number of benzene rings is 4. The smallest absolute Gasteiger partial charge is 0.335 e. The van der Waals surface area contributed by atoms with Crippen molar-refractivity contribution in [1.82, 2.24) is 0 Å². The van der Waals surface area contributed by atoms with Gasteiger partial charge in [-0.15, -0.1) is 0 Å². The van der Waals surface area contributed by atoms with Crippen molar-refractivity contribution in [2.24, 2.45) is 0 Å². The molecule has 0 atom stereocenters. The molecular weight excluding hydrogens is 418 g/mol. The fourth-order valence-corrected chi connectivity index (χ4v) is 3.85. The Kier molecular flexibility index (Phi) is 6.65. The molecule has 0 radical (unpaired) electrons. The first kappa shape index (κ1) is 23.1. The van der Waals surface area contributed by atoms with E-state index in [2.05, 4.69) is 99.8 Å². The van der Waals surface area contributed by atoms with Crippen LogP contribution in [0.15, 0.2) is 97.6 Å². The van der Waals surface area contributed by atoms with E-state index in [-0.39, 0.29) is 0 Å². The van der Waals surface area contributed by atoms with E-state index >= 15 is 0 Å². The molecule has 0 aliphatic carbocycles. The summed E-state index contributed by atoms with van der Waals surface area (Å²) in [5.74, 6) is 0.0378. The molecular formula is C31H29NO2. The lowest BCUT2D eigenvalue weighted by Crippen LogP contribution is -2.10.